The minimum atomic E-state index is -0.0884. The van der Waals surface area contributed by atoms with Gasteiger partial charge >= 0.3 is 0 Å². The van der Waals surface area contributed by atoms with Crippen LogP contribution in [0.2, 0.25) is 0 Å². The van der Waals surface area contributed by atoms with E-state index in [2.05, 4.69) is 24.4 Å². The van der Waals surface area contributed by atoms with Gasteiger partial charge in [0.25, 0.3) is 0 Å². The van der Waals surface area contributed by atoms with Gasteiger partial charge in [-0.25, -0.2) is 0 Å². The Hall–Kier alpha value is -1.06. The zero-order valence-corrected chi connectivity index (χ0v) is 11.9. The van der Waals surface area contributed by atoms with Gasteiger partial charge in [-0.2, -0.15) is 0 Å². The molecule has 1 atom stereocenters. The van der Waals surface area contributed by atoms with Gasteiger partial charge < -0.3 is 14.8 Å². The summed E-state index contributed by atoms with van der Waals surface area (Å²) in [4.78, 5) is 0. The SMILES string of the molecule is CC(CNc1ccccc1)OCCOC(C)(C)C. The molecule has 1 aromatic rings. The van der Waals surface area contributed by atoms with Gasteiger partial charge in [-0.1, -0.05) is 18.2 Å². The van der Waals surface area contributed by atoms with Crippen LogP contribution in [-0.4, -0.2) is 31.5 Å². The fraction of sp³-hybridized carbons (Fsp3) is 0.600. The summed E-state index contributed by atoms with van der Waals surface area (Å²) in [6.07, 6.45) is 0.175. The second kappa shape index (κ2) is 7.39. The van der Waals surface area contributed by atoms with Crippen LogP contribution >= 0.6 is 0 Å². The van der Waals surface area contributed by atoms with Gasteiger partial charge in [0, 0.05) is 12.2 Å². The monoisotopic (exact) mass is 251 g/mol. The number of hydrogen-bond donors (Lipinski definition) is 1. The minimum absolute atomic E-state index is 0.0884. The molecule has 0 bridgehead atoms. The quantitative estimate of drug-likeness (QED) is 0.754. The maximum absolute atomic E-state index is 5.67. The van der Waals surface area contributed by atoms with Crippen LogP contribution in [-0.2, 0) is 9.47 Å². The summed E-state index contributed by atoms with van der Waals surface area (Å²) in [5.74, 6) is 0. The molecule has 0 amide bonds. The van der Waals surface area contributed by atoms with E-state index in [9.17, 15) is 0 Å². The molecule has 0 radical (unpaired) electrons. The third kappa shape index (κ3) is 7.30. The average molecular weight is 251 g/mol. The molecule has 0 aliphatic carbocycles. The summed E-state index contributed by atoms with van der Waals surface area (Å²) in [5.41, 5.74) is 1.04. The molecule has 18 heavy (non-hydrogen) atoms. The Morgan fingerprint density at radius 1 is 1.11 bits per heavy atom. The number of hydrogen-bond acceptors (Lipinski definition) is 3. The summed E-state index contributed by atoms with van der Waals surface area (Å²) in [6, 6.07) is 10.1. The maximum atomic E-state index is 5.67. The van der Waals surface area contributed by atoms with Crippen molar-refractivity contribution in [1.29, 1.82) is 0 Å². The number of para-hydroxylation sites is 1. The molecule has 0 spiro atoms. The Bertz CT molecular complexity index is 319. The van der Waals surface area contributed by atoms with E-state index in [1.165, 1.54) is 0 Å². The van der Waals surface area contributed by atoms with Gasteiger partial charge in [0.2, 0.25) is 0 Å². The fourth-order valence-electron chi connectivity index (χ4n) is 1.47. The third-order valence-electron chi connectivity index (χ3n) is 2.39. The maximum Gasteiger partial charge on any atom is 0.0720 e. The van der Waals surface area contributed by atoms with Crippen LogP contribution in [0.4, 0.5) is 5.69 Å². The van der Waals surface area contributed by atoms with Crippen molar-refractivity contribution in [3.63, 3.8) is 0 Å². The Kier molecular flexibility index (Phi) is 6.16. The number of benzene rings is 1. The number of anilines is 1. The second-order valence-corrected chi connectivity index (χ2v) is 5.39. The van der Waals surface area contributed by atoms with Crippen LogP contribution in [0.1, 0.15) is 27.7 Å². The molecule has 0 heterocycles. The van der Waals surface area contributed by atoms with E-state index >= 15 is 0 Å². The first-order chi connectivity index (χ1) is 8.47. The van der Waals surface area contributed by atoms with Crippen LogP contribution in [0.25, 0.3) is 0 Å². The number of nitrogens with one attached hydrogen (secondary N) is 1. The summed E-state index contributed by atoms with van der Waals surface area (Å²) < 4.78 is 11.3. The summed E-state index contributed by atoms with van der Waals surface area (Å²) in [6.45, 7) is 10.3. The summed E-state index contributed by atoms with van der Waals surface area (Å²) in [7, 11) is 0. The van der Waals surface area contributed by atoms with Crippen LogP contribution in [0, 0.1) is 0 Å². The highest BCUT2D eigenvalue weighted by molar-refractivity contribution is 5.42. The highest BCUT2D eigenvalue weighted by Gasteiger charge is 2.09. The van der Waals surface area contributed by atoms with E-state index in [1.807, 2.05) is 39.0 Å². The Labute approximate surface area is 110 Å². The van der Waals surface area contributed by atoms with E-state index in [4.69, 9.17) is 9.47 Å². The molecule has 3 nitrogen and oxygen atoms in total. The van der Waals surface area contributed by atoms with E-state index in [0.29, 0.717) is 13.2 Å². The zero-order chi connectivity index (χ0) is 13.4. The molecule has 0 aromatic heterocycles. The van der Waals surface area contributed by atoms with Crippen molar-refractivity contribution in [2.45, 2.75) is 39.4 Å². The lowest BCUT2D eigenvalue weighted by Gasteiger charge is -2.20. The zero-order valence-electron chi connectivity index (χ0n) is 11.9. The second-order valence-electron chi connectivity index (χ2n) is 5.39. The average Bonchev–Trinajstić information content (AvgIpc) is 2.32. The molecule has 1 aromatic carbocycles. The van der Waals surface area contributed by atoms with Gasteiger partial charge in [-0.3, -0.25) is 0 Å². The van der Waals surface area contributed by atoms with Crippen molar-refractivity contribution < 1.29 is 9.47 Å². The lowest BCUT2D eigenvalue weighted by atomic mass is 10.2. The van der Waals surface area contributed by atoms with E-state index in [1.54, 1.807) is 0 Å². The van der Waals surface area contributed by atoms with E-state index in [0.717, 1.165) is 12.2 Å². The first kappa shape index (κ1) is 15.0. The molecule has 1 N–H and O–H groups in total. The third-order valence-corrected chi connectivity index (χ3v) is 2.39. The molecule has 0 aliphatic rings. The van der Waals surface area contributed by atoms with Crippen molar-refractivity contribution in [2.24, 2.45) is 0 Å². The van der Waals surface area contributed by atoms with Crippen molar-refractivity contribution in [1.82, 2.24) is 0 Å². The molecule has 0 aliphatic heterocycles. The number of ether oxygens (including phenoxy) is 2. The van der Waals surface area contributed by atoms with Crippen molar-refractivity contribution in [3.05, 3.63) is 30.3 Å². The lowest BCUT2D eigenvalue weighted by Crippen LogP contribution is -2.25. The topological polar surface area (TPSA) is 30.5 Å². The minimum Gasteiger partial charge on any atom is -0.382 e. The van der Waals surface area contributed by atoms with Crippen molar-refractivity contribution in [3.8, 4) is 0 Å². The van der Waals surface area contributed by atoms with Gasteiger partial charge in [0.1, 0.15) is 0 Å². The van der Waals surface area contributed by atoms with Crippen LogP contribution < -0.4 is 5.32 Å². The number of rotatable bonds is 7. The molecule has 0 saturated carbocycles. The summed E-state index contributed by atoms with van der Waals surface area (Å²) in [5, 5.41) is 3.34. The molecule has 1 unspecified atom stereocenters. The van der Waals surface area contributed by atoms with Gasteiger partial charge in [-0.15, -0.1) is 0 Å². The Balaban J connectivity index is 2.09. The van der Waals surface area contributed by atoms with Crippen LogP contribution in [0.5, 0.6) is 0 Å². The van der Waals surface area contributed by atoms with E-state index < -0.39 is 0 Å². The molecule has 0 saturated heterocycles. The van der Waals surface area contributed by atoms with Crippen molar-refractivity contribution in [2.75, 3.05) is 25.1 Å². The van der Waals surface area contributed by atoms with Gasteiger partial charge in [-0.05, 0) is 39.8 Å². The van der Waals surface area contributed by atoms with Gasteiger partial charge in [0.15, 0.2) is 0 Å². The molecular formula is C15H25NO2. The highest BCUT2D eigenvalue weighted by atomic mass is 16.5. The highest BCUT2D eigenvalue weighted by Crippen LogP contribution is 2.07. The normalized spacial score (nSPS) is 13.3. The molecule has 0 fully saturated rings. The first-order valence-electron chi connectivity index (χ1n) is 6.52. The first-order valence-corrected chi connectivity index (χ1v) is 6.52. The summed E-state index contributed by atoms with van der Waals surface area (Å²) >= 11 is 0. The predicted octanol–water partition coefficient (Wildman–Crippen LogP) is 3.32. The molecule has 102 valence electrons. The fourth-order valence-corrected chi connectivity index (χ4v) is 1.47. The van der Waals surface area contributed by atoms with Crippen LogP contribution in [0.15, 0.2) is 30.3 Å². The molecule has 3 heteroatoms. The standard InChI is InChI=1S/C15H25NO2/c1-13(17-10-11-18-15(2,3)4)12-16-14-8-6-5-7-9-14/h5-9,13,16H,10-12H2,1-4H3. The molecule has 1 rings (SSSR count). The molecular weight excluding hydrogens is 226 g/mol. The largest absolute Gasteiger partial charge is 0.382 e. The Morgan fingerprint density at radius 2 is 1.78 bits per heavy atom. The predicted molar refractivity (Wildman–Crippen MR) is 76.1 cm³/mol. The van der Waals surface area contributed by atoms with Crippen LogP contribution in [0.3, 0.4) is 0 Å². The van der Waals surface area contributed by atoms with E-state index in [-0.39, 0.29) is 11.7 Å². The van der Waals surface area contributed by atoms with Gasteiger partial charge in [0.05, 0.1) is 24.9 Å². The lowest BCUT2D eigenvalue weighted by molar-refractivity contribution is -0.0462. The van der Waals surface area contributed by atoms with Crippen molar-refractivity contribution >= 4 is 5.69 Å². The smallest absolute Gasteiger partial charge is 0.0720 e. The Morgan fingerprint density at radius 3 is 2.39 bits per heavy atom.